The predicted molar refractivity (Wildman–Crippen MR) is 337 cm³/mol. The van der Waals surface area contributed by atoms with Gasteiger partial charge in [0.2, 0.25) is 23.6 Å². The van der Waals surface area contributed by atoms with Crippen LogP contribution >= 0.6 is 49.6 Å². The number of rotatable bonds is 49. The molecule has 0 aromatic rings. The lowest BCUT2D eigenvalue weighted by atomic mass is 10.1. The first-order valence-electron chi connectivity index (χ1n) is 30.5. The van der Waals surface area contributed by atoms with Gasteiger partial charge in [-0.1, -0.05) is 154 Å². The quantitative estimate of drug-likeness (QED) is 0.0258. The minimum Gasteiger partial charge on any atom is -0.357 e. The Bertz CT molecular complexity index is 1310. The van der Waals surface area contributed by atoms with E-state index in [1.165, 1.54) is 161 Å². The highest BCUT2D eigenvalue weighted by molar-refractivity contribution is 5.88. The minimum absolute atomic E-state index is 0. The van der Waals surface area contributed by atoms with Crippen molar-refractivity contribution in [2.24, 2.45) is 11.5 Å². The molecule has 1 aliphatic heterocycles. The number of carbonyl (C=O) groups is 4. The highest BCUT2D eigenvalue weighted by atomic mass is 35.5. The number of nitrogens with two attached hydrogens (primary N) is 2. The smallest absolute Gasteiger partial charge is 0.242 e. The maximum absolute atomic E-state index is 12.9. The Kier molecular flexibility index (Phi) is 72.1. The standard InChI is InChI=1S/C35H69N5O2.C25H49N3O2.4ClH/c1-3-5-7-8-9-10-11-12-13-14-15-16-17-18-19-24-34(41)38-33(23-20-21-25-36)35(42)37-26-22-28-40-31-29-39(30-32-40)27-6-4-2;1-3-4-5-6-7-8-9-10-11-12-13-14-15-16-17-21-24(29)28-23(25(30)27-2)20-18-19-22-26;;;;/h12-13,33H,3-11,14-32,36H2,1-2H3,(H,37,42)(H,38,41);10-11,23H,3-9,12-22,26H2,1-2H3,(H,27,30)(H,28,29);4*1H/b13-12-;11-10-;;;;. The van der Waals surface area contributed by atoms with Crippen LogP contribution in [0.3, 0.4) is 0 Å². The lowest BCUT2D eigenvalue weighted by Crippen LogP contribution is -2.48. The normalized spacial score (nSPS) is 13.3. The van der Waals surface area contributed by atoms with E-state index in [2.05, 4.69) is 76.1 Å². The summed E-state index contributed by atoms with van der Waals surface area (Å²) in [6, 6.07) is -0.883. The van der Waals surface area contributed by atoms with Crippen molar-refractivity contribution in [3.05, 3.63) is 24.3 Å². The zero-order chi connectivity index (χ0) is 52.8. The van der Waals surface area contributed by atoms with Crippen LogP contribution in [0.15, 0.2) is 24.3 Å². The first-order valence-corrected chi connectivity index (χ1v) is 30.5. The molecule has 8 N–H and O–H groups in total. The van der Waals surface area contributed by atoms with E-state index in [1.807, 2.05) is 0 Å². The summed E-state index contributed by atoms with van der Waals surface area (Å²) in [4.78, 5) is 54.6. The first-order chi connectivity index (χ1) is 35.3. The molecule has 0 aromatic carbocycles. The molecule has 1 aliphatic rings. The van der Waals surface area contributed by atoms with Crippen LogP contribution in [-0.4, -0.2) is 111 Å². The molecule has 2 unspecified atom stereocenters. The zero-order valence-corrected chi connectivity index (χ0v) is 52.6. The van der Waals surface area contributed by atoms with E-state index in [1.54, 1.807) is 7.05 Å². The number of nitrogens with one attached hydrogen (secondary N) is 4. The van der Waals surface area contributed by atoms with E-state index in [-0.39, 0.29) is 73.3 Å². The van der Waals surface area contributed by atoms with Crippen LogP contribution in [0.4, 0.5) is 0 Å². The fourth-order valence-electron chi connectivity index (χ4n) is 9.20. The van der Waals surface area contributed by atoms with Gasteiger partial charge in [0.25, 0.3) is 0 Å². The fraction of sp³-hybridized carbons (Fsp3) is 0.867. The second-order valence-corrected chi connectivity index (χ2v) is 20.8. The van der Waals surface area contributed by atoms with Crippen molar-refractivity contribution in [2.45, 2.75) is 270 Å². The molecule has 1 heterocycles. The molecule has 0 aliphatic carbocycles. The molecular weight excluding hydrogens is 1040 g/mol. The topological polar surface area (TPSA) is 175 Å². The van der Waals surface area contributed by atoms with Gasteiger partial charge in [0, 0.05) is 52.6 Å². The number of allylic oxidation sites excluding steroid dienone is 4. The first kappa shape index (κ1) is 83.2. The van der Waals surface area contributed by atoms with E-state index in [9.17, 15) is 19.2 Å². The number of unbranched alkanes of at least 4 members (excludes halogenated alkanes) is 25. The fourth-order valence-corrected chi connectivity index (χ4v) is 9.20. The molecule has 0 spiro atoms. The van der Waals surface area contributed by atoms with Gasteiger partial charge in [0.15, 0.2) is 0 Å². The third kappa shape index (κ3) is 55.7. The summed E-state index contributed by atoms with van der Waals surface area (Å²) in [6.07, 6.45) is 51.0. The number of likely N-dealkylation sites (N-methyl/N-ethyl adjacent to an activating group) is 1. The predicted octanol–water partition coefficient (Wildman–Crippen LogP) is 13.6. The third-order valence-corrected chi connectivity index (χ3v) is 14.0. The molecule has 16 heteroatoms. The highest BCUT2D eigenvalue weighted by Crippen LogP contribution is 2.13. The van der Waals surface area contributed by atoms with Crippen molar-refractivity contribution in [3.63, 3.8) is 0 Å². The maximum Gasteiger partial charge on any atom is 0.242 e. The number of nitrogens with zero attached hydrogens (tertiary/aromatic N) is 2. The van der Waals surface area contributed by atoms with Crippen LogP contribution in [0.5, 0.6) is 0 Å². The average Bonchev–Trinajstić information content (AvgIpc) is 3.39. The molecule has 2 atom stereocenters. The van der Waals surface area contributed by atoms with Crippen LogP contribution in [0.25, 0.3) is 0 Å². The summed E-state index contributed by atoms with van der Waals surface area (Å²) in [5.41, 5.74) is 11.2. The van der Waals surface area contributed by atoms with E-state index in [0.29, 0.717) is 45.3 Å². The van der Waals surface area contributed by atoms with Crippen molar-refractivity contribution < 1.29 is 19.2 Å². The summed E-state index contributed by atoms with van der Waals surface area (Å²) in [5, 5.41) is 11.6. The van der Waals surface area contributed by atoms with Crippen LogP contribution in [-0.2, 0) is 19.2 Å². The summed E-state index contributed by atoms with van der Waals surface area (Å²) < 4.78 is 0. The molecule has 0 radical (unpaired) electrons. The van der Waals surface area contributed by atoms with Crippen LogP contribution in [0.1, 0.15) is 258 Å². The zero-order valence-electron chi connectivity index (χ0n) is 49.3. The van der Waals surface area contributed by atoms with Crippen molar-refractivity contribution >= 4 is 73.3 Å². The van der Waals surface area contributed by atoms with E-state index in [0.717, 1.165) is 90.5 Å². The summed E-state index contributed by atoms with van der Waals surface area (Å²) >= 11 is 0. The third-order valence-electron chi connectivity index (χ3n) is 14.0. The van der Waals surface area contributed by atoms with Crippen molar-refractivity contribution in [3.8, 4) is 0 Å². The number of hydrogen-bond acceptors (Lipinski definition) is 8. The van der Waals surface area contributed by atoms with Gasteiger partial charge >= 0.3 is 0 Å². The number of carbonyl (C=O) groups excluding carboxylic acids is 4. The number of piperazine rings is 1. The van der Waals surface area contributed by atoms with Gasteiger partial charge in [-0.05, 0) is 142 Å². The van der Waals surface area contributed by atoms with Gasteiger partial charge in [-0.25, -0.2) is 0 Å². The van der Waals surface area contributed by atoms with E-state index >= 15 is 0 Å². The van der Waals surface area contributed by atoms with Gasteiger partial charge in [0.1, 0.15) is 12.1 Å². The average molecular weight is 1160 g/mol. The summed E-state index contributed by atoms with van der Waals surface area (Å²) in [6.45, 7) is 15.4. The lowest BCUT2D eigenvalue weighted by molar-refractivity contribution is -0.129. The minimum atomic E-state index is -0.450. The van der Waals surface area contributed by atoms with Gasteiger partial charge in [-0.15, -0.1) is 49.6 Å². The Balaban J connectivity index is -0.000000442. The van der Waals surface area contributed by atoms with Gasteiger partial charge < -0.3 is 42.5 Å². The Morgan fingerprint density at radius 3 is 1.11 bits per heavy atom. The molecule has 0 saturated carbocycles. The van der Waals surface area contributed by atoms with Crippen LogP contribution < -0.4 is 32.7 Å². The molecule has 0 aromatic heterocycles. The molecular formula is C60H122Cl4N8O4. The van der Waals surface area contributed by atoms with Gasteiger partial charge in [-0.3, -0.25) is 19.2 Å². The van der Waals surface area contributed by atoms with Crippen LogP contribution in [0, 0.1) is 0 Å². The van der Waals surface area contributed by atoms with Crippen molar-refractivity contribution in [1.82, 2.24) is 31.1 Å². The summed E-state index contributed by atoms with van der Waals surface area (Å²) in [7, 11) is 1.61. The van der Waals surface area contributed by atoms with Crippen molar-refractivity contribution in [1.29, 1.82) is 0 Å². The Morgan fingerprint density at radius 2 is 0.750 bits per heavy atom. The van der Waals surface area contributed by atoms with E-state index in [4.69, 9.17) is 11.5 Å². The maximum atomic E-state index is 12.9. The SMILES string of the molecule is CCCCCCCC/C=C\CCCCCCCC(=O)NC(CCCCN)C(=O)NC.CCCCCCCC/C=C\CCCCCCCC(=O)NC(CCCCN)C(=O)NCCCN1CCN(CCCC)CC1.Cl.Cl.Cl.Cl. The van der Waals surface area contributed by atoms with E-state index < -0.39 is 12.1 Å². The number of amides is 4. The highest BCUT2D eigenvalue weighted by Gasteiger charge is 2.21. The molecule has 454 valence electrons. The van der Waals surface area contributed by atoms with Gasteiger partial charge in [0.05, 0.1) is 0 Å². The molecule has 0 bridgehead atoms. The van der Waals surface area contributed by atoms with Gasteiger partial charge in [-0.2, -0.15) is 0 Å². The monoisotopic (exact) mass is 1160 g/mol. The molecule has 1 fully saturated rings. The molecule has 1 rings (SSSR count). The van der Waals surface area contributed by atoms with Crippen LogP contribution in [0.2, 0.25) is 0 Å². The molecule has 4 amide bonds. The molecule has 12 nitrogen and oxygen atoms in total. The lowest BCUT2D eigenvalue weighted by Gasteiger charge is -2.34. The Hall–Kier alpha value is -1.64. The second kappa shape index (κ2) is 65.9. The Labute approximate surface area is 493 Å². The largest absolute Gasteiger partial charge is 0.357 e. The second-order valence-electron chi connectivity index (χ2n) is 20.8. The number of hydrogen-bond donors (Lipinski definition) is 6. The molecule has 1 saturated heterocycles. The summed E-state index contributed by atoms with van der Waals surface area (Å²) in [5.74, 6) is -0.185. The number of halogens is 4. The Morgan fingerprint density at radius 1 is 0.421 bits per heavy atom. The molecule has 76 heavy (non-hydrogen) atoms. The van der Waals surface area contributed by atoms with Crippen molar-refractivity contribution in [2.75, 3.05) is 66.0 Å².